The lowest BCUT2D eigenvalue weighted by molar-refractivity contribution is 0.413. The minimum atomic E-state index is 0.773. The van der Waals surface area contributed by atoms with Crippen molar-refractivity contribution in [2.24, 2.45) is 0 Å². The number of aryl methyl sites for hydroxylation is 2. The Bertz CT molecular complexity index is 1240. The van der Waals surface area contributed by atoms with Gasteiger partial charge in [-0.1, -0.05) is 18.2 Å². The maximum atomic E-state index is 5.26. The highest BCUT2D eigenvalue weighted by Crippen LogP contribution is 2.33. The Kier molecular flexibility index (Phi) is 4.25. The van der Waals surface area contributed by atoms with Crippen molar-refractivity contribution >= 4 is 32.6 Å². The Morgan fingerprint density at radius 3 is 2.86 bits per heavy atom. The SMILES string of the molecule is COc1ccnc(CCc2nc3cc(-c4cc5ccccc5s4)cnc3[nH]2)c1. The molecule has 0 amide bonds. The summed E-state index contributed by atoms with van der Waals surface area (Å²) in [4.78, 5) is 18.2. The molecule has 28 heavy (non-hydrogen) atoms. The maximum absolute atomic E-state index is 5.26. The molecule has 0 saturated carbocycles. The van der Waals surface area contributed by atoms with Crippen molar-refractivity contribution < 1.29 is 4.74 Å². The zero-order chi connectivity index (χ0) is 18.9. The predicted molar refractivity (Wildman–Crippen MR) is 113 cm³/mol. The summed E-state index contributed by atoms with van der Waals surface area (Å²) in [6.07, 6.45) is 5.25. The number of aromatic nitrogens is 4. The summed E-state index contributed by atoms with van der Waals surface area (Å²) in [5.41, 5.74) is 3.79. The fourth-order valence-electron chi connectivity index (χ4n) is 3.29. The lowest BCUT2D eigenvalue weighted by atomic mass is 10.2. The van der Waals surface area contributed by atoms with Gasteiger partial charge in [-0.05, 0) is 36.1 Å². The van der Waals surface area contributed by atoms with Gasteiger partial charge in [-0.25, -0.2) is 9.97 Å². The number of pyridine rings is 2. The summed E-state index contributed by atoms with van der Waals surface area (Å²) in [5.74, 6) is 1.74. The van der Waals surface area contributed by atoms with E-state index in [4.69, 9.17) is 9.72 Å². The number of rotatable bonds is 5. The van der Waals surface area contributed by atoms with Crippen molar-refractivity contribution in [3.63, 3.8) is 0 Å². The van der Waals surface area contributed by atoms with Crippen LogP contribution in [0.1, 0.15) is 11.5 Å². The number of thiophene rings is 1. The first-order valence-corrected chi connectivity index (χ1v) is 9.93. The van der Waals surface area contributed by atoms with Crippen LogP contribution in [0.15, 0.2) is 60.9 Å². The molecule has 0 unspecified atom stereocenters. The smallest absolute Gasteiger partial charge is 0.157 e. The maximum Gasteiger partial charge on any atom is 0.157 e. The van der Waals surface area contributed by atoms with Gasteiger partial charge in [0.25, 0.3) is 0 Å². The van der Waals surface area contributed by atoms with E-state index >= 15 is 0 Å². The fourth-order valence-corrected chi connectivity index (χ4v) is 4.33. The minimum Gasteiger partial charge on any atom is -0.497 e. The van der Waals surface area contributed by atoms with Gasteiger partial charge in [-0.15, -0.1) is 11.3 Å². The van der Waals surface area contributed by atoms with Crippen LogP contribution in [0.3, 0.4) is 0 Å². The van der Waals surface area contributed by atoms with Gasteiger partial charge in [0.1, 0.15) is 17.1 Å². The Labute approximate surface area is 166 Å². The molecule has 0 bridgehead atoms. The quantitative estimate of drug-likeness (QED) is 0.460. The van der Waals surface area contributed by atoms with Crippen molar-refractivity contribution in [3.05, 3.63) is 72.4 Å². The fraction of sp³-hybridized carbons (Fsp3) is 0.136. The molecule has 1 aromatic carbocycles. The number of aromatic amines is 1. The number of hydrogen-bond donors (Lipinski definition) is 1. The van der Waals surface area contributed by atoms with Gasteiger partial charge in [0.2, 0.25) is 0 Å². The van der Waals surface area contributed by atoms with Crippen LogP contribution in [0.2, 0.25) is 0 Å². The van der Waals surface area contributed by atoms with Crippen molar-refractivity contribution in [2.45, 2.75) is 12.8 Å². The van der Waals surface area contributed by atoms with E-state index in [1.165, 1.54) is 15.0 Å². The summed E-state index contributed by atoms with van der Waals surface area (Å²) in [7, 11) is 1.66. The normalized spacial score (nSPS) is 11.3. The van der Waals surface area contributed by atoms with E-state index in [-0.39, 0.29) is 0 Å². The Hall–Kier alpha value is -3.25. The number of hydrogen-bond acceptors (Lipinski definition) is 5. The summed E-state index contributed by atoms with van der Waals surface area (Å²) in [6, 6.07) is 16.6. The molecule has 0 aliphatic carbocycles. The number of imidazole rings is 1. The van der Waals surface area contributed by atoms with Crippen LogP contribution in [-0.4, -0.2) is 27.0 Å². The lowest BCUT2D eigenvalue weighted by Crippen LogP contribution is -1.96. The monoisotopic (exact) mass is 386 g/mol. The molecule has 4 aromatic heterocycles. The highest BCUT2D eigenvalue weighted by atomic mass is 32.1. The van der Waals surface area contributed by atoms with Gasteiger partial charge in [0.15, 0.2) is 5.65 Å². The van der Waals surface area contributed by atoms with Gasteiger partial charge in [-0.3, -0.25) is 4.98 Å². The summed E-state index contributed by atoms with van der Waals surface area (Å²) in [6.45, 7) is 0. The first-order chi connectivity index (χ1) is 13.8. The molecule has 0 atom stereocenters. The zero-order valence-electron chi connectivity index (χ0n) is 15.3. The molecule has 0 saturated heterocycles. The van der Waals surface area contributed by atoms with Crippen LogP contribution in [0.4, 0.5) is 0 Å². The van der Waals surface area contributed by atoms with Crippen LogP contribution in [0.25, 0.3) is 31.7 Å². The number of H-pyrrole nitrogens is 1. The van der Waals surface area contributed by atoms with E-state index in [0.29, 0.717) is 0 Å². The van der Waals surface area contributed by atoms with E-state index in [0.717, 1.165) is 46.8 Å². The average Bonchev–Trinajstić information content (AvgIpc) is 3.35. The molecule has 1 N–H and O–H groups in total. The number of ether oxygens (including phenoxy) is 1. The van der Waals surface area contributed by atoms with Crippen LogP contribution in [0.5, 0.6) is 5.75 Å². The Balaban J connectivity index is 1.40. The van der Waals surface area contributed by atoms with Gasteiger partial charge in [-0.2, -0.15) is 0 Å². The second-order valence-electron chi connectivity index (χ2n) is 6.61. The van der Waals surface area contributed by atoms with Crippen molar-refractivity contribution in [2.75, 3.05) is 7.11 Å². The zero-order valence-corrected chi connectivity index (χ0v) is 16.2. The largest absolute Gasteiger partial charge is 0.497 e. The average molecular weight is 386 g/mol. The third-order valence-corrected chi connectivity index (χ3v) is 5.90. The first kappa shape index (κ1) is 16.9. The van der Waals surface area contributed by atoms with E-state index < -0.39 is 0 Å². The number of methoxy groups -OCH3 is 1. The molecule has 0 aliphatic rings. The van der Waals surface area contributed by atoms with E-state index in [2.05, 4.69) is 51.4 Å². The third-order valence-electron chi connectivity index (χ3n) is 4.74. The van der Waals surface area contributed by atoms with Gasteiger partial charge < -0.3 is 9.72 Å². The summed E-state index contributed by atoms with van der Waals surface area (Å²) >= 11 is 1.78. The number of benzene rings is 1. The van der Waals surface area contributed by atoms with Crippen molar-refractivity contribution in [1.29, 1.82) is 0 Å². The highest BCUT2D eigenvalue weighted by Gasteiger charge is 2.09. The second kappa shape index (κ2) is 7.05. The van der Waals surface area contributed by atoms with Gasteiger partial charge >= 0.3 is 0 Å². The van der Waals surface area contributed by atoms with Gasteiger partial charge in [0, 0.05) is 45.7 Å². The number of nitrogens with zero attached hydrogens (tertiary/aromatic N) is 3. The van der Waals surface area contributed by atoms with Crippen molar-refractivity contribution in [1.82, 2.24) is 19.9 Å². The lowest BCUT2D eigenvalue weighted by Gasteiger charge is -2.02. The highest BCUT2D eigenvalue weighted by molar-refractivity contribution is 7.22. The van der Waals surface area contributed by atoms with Crippen molar-refractivity contribution in [3.8, 4) is 16.2 Å². The molecule has 5 aromatic rings. The molecular weight excluding hydrogens is 368 g/mol. The van der Waals surface area contributed by atoms with Crippen LogP contribution < -0.4 is 4.74 Å². The topological polar surface area (TPSA) is 63.7 Å². The molecule has 0 radical (unpaired) electrons. The summed E-state index contributed by atoms with van der Waals surface area (Å²) in [5, 5.41) is 1.26. The van der Waals surface area contributed by atoms with Crippen LogP contribution in [-0.2, 0) is 12.8 Å². The van der Waals surface area contributed by atoms with Crippen LogP contribution >= 0.6 is 11.3 Å². The molecule has 138 valence electrons. The molecule has 5 rings (SSSR count). The summed E-state index contributed by atoms with van der Waals surface area (Å²) < 4.78 is 6.54. The van der Waals surface area contributed by atoms with Crippen LogP contribution in [0, 0.1) is 0 Å². The Morgan fingerprint density at radius 1 is 1.04 bits per heavy atom. The number of fused-ring (bicyclic) bond motifs is 2. The molecule has 0 fully saturated rings. The Morgan fingerprint density at radius 2 is 1.96 bits per heavy atom. The molecule has 0 aliphatic heterocycles. The minimum absolute atomic E-state index is 0.773. The molecule has 5 nitrogen and oxygen atoms in total. The first-order valence-electron chi connectivity index (χ1n) is 9.11. The molecule has 0 spiro atoms. The van der Waals surface area contributed by atoms with Gasteiger partial charge in [0.05, 0.1) is 7.11 Å². The third kappa shape index (κ3) is 3.23. The molecule has 4 heterocycles. The number of nitrogens with one attached hydrogen (secondary N) is 1. The van der Waals surface area contributed by atoms with E-state index in [1.54, 1.807) is 24.6 Å². The van der Waals surface area contributed by atoms with E-state index in [1.807, 2.05) is 18.3 Å². The predicted octanol–water partition coefficient (Wildman–Crippen LogP) is 5.03. The molecule has 6 heteroatoms. The molecular formula is C22H18N4OS. The second-order valence-corrected chi connectivity index (χ2v) is 7.69. The van der Waals surface area contributed by atoms with E-state index in [9.17, 15) is 0 Å². The standard InChI is InChI=1S/C22H18N4OS/c1-27-17-8-9-23-16(12-17)6-7-21-25-18-10-15(13-24-22(18)26-21)20-11-14-4-2-3-5-19(14)28-20/h2-5,8-13H,6-7H2,1H3,(H,24,25,26).